The van der Waals surface area contributed by atoms with Gasteiger partial charge in [0.1, 0.15) is 5.82 Å². The van der Waals surface area contributed by atoms with E-state index in [1.807, 2.05) is 6.20 Å². The summed E-state index contributed by atoms with van der Waals surface area (Å²) in [5, 5.41) is 3.56. The maximum Gasteiger partial charge on any atom is 0.131 e. The average Bonchev–Trinajstić information content (AvgIpc) is 2.79. The molecule has 0 aromatic carbocycles. The molecule has 1 N–H and O–H groups in total. The Balaban J connectivity index is 2.17. The zero-order valence-electron chi connectivity index (χ0n) is 11.4. The van der Waals surface area contributed by atoms with Crippen LogP contribution >= 0.6 is 15.9 Å². The van der Waals surface area contributed by atoms with E-state index in [-0.39, 0.29) is 0 Å². The second-order valence-corrected chi connectivity index (χ2v) is 6.25. The molecule has 0 saturated carbocycles. The molecule has 1 aromatic heterocycles. The molecule has 1 aliphatic heterocycles. The quantitative estimate of drug-likeness (QED) is 0.926. The number of rotatable bonds is 4. The molecule has 1 saturated heterocycles. The van der Waals surface area contributed by atoms with Gasteiger partial charge >= 0.3 is 0 Å². The molecule has 0 radical (unpaired) electrons. The largest absolute Gasteiger partial charge is 0.352 e. The molecule has 18 heavy (non-hydrogen) atoms. The van der Waals surface area contributed by atoms with Crippen molar-refractivity contribution in [1.29, 1.82) is 0 Å². The van der Waals surface area contributed by atoms with E-state index in [0.29, 0.717) is 12.1 Å². The van der Waals surface area contributed by atoms with Crippen LogP contribution in [0.3, 0.4) is 0 Å². The van der Waals surface area contributed by atoms with Gasteiger partial charge in [0.25, 0.3) is 0 Å². The first-order valence-electron chi connectivity index (χ1n) is 6.70. The molecule has 0 amide bonds. The fourth-order valence-corrected chi connectivity index (χ4v) is 2.97. The molecule has 1 unspecified atom stereocenters. The molecule has 1 fully saturated rings. The van der Waals surface area contributed by atoms with Gasteiger partial charge in [0.2, 0.25) is 0 Å². The fourth-order valence-electron chi connectivity index (χ4n) is 2.53. The van der Waals surface area contributed by atoms with Crippen molar-refractivity contribution in [2.75, 3.05) is 18.0 Å². The van der Waals surface area contributed by atoms with Gasteiger partial charge in [-0.25, -0.2) is 4.98 Å². The third kappa shape index (κ3) is 3.23. The lowest BCUT2D eigenvalue weighted by atomic mass is 10.1. The lowest BCUT2D eigenvalue weighted by Gasteiger charge is -2.31. The monoisotopic (exact) mass is 311 g/mol. The Kier molecular flexibility index (Phi) is 4.62. The van der Waals surface area contributed by atoms with Crippen LogP contribution in [0.1, 0.15) is 32.3 Å². The third-order valence-electron chi connectivity index (χ3n) is 3.49. The standard InChI is InChI=1S/C14H22BrN3/c1-10(2)18(9-13-5-4-6-16-13)14-11(3)7-12(15)8-17-14/h7-8,10,13,16H,4-6,9H2,1-3H3. The van der Waals surface area contributed by atoms with Crippen LogP contribution in [0.4, 0.5) is 5.82 Å². The summed E-state index contributed by atoms with van der Waals surface area (Å²) in [6, 6.07) is 3.22. The summed E-state index contributed by atoms with van der Waals surface area (Å²) in [4.78, 5) is 7.00. The van der Waals surface area contributed by atoms with Gasteiger partial charge in [-0.1, -0.05) is 0 Å². The topological polar surface area (TPSA) is 28.2 Å². The van der Waals surface area contributed by atoms with E-state index in [1.165, 1.54) is 18.4 Å². The van der Waals surface area contributed by atoms with Crippen molar-refractivity contribution >= 4 is 21.7 Å². The molecule has 1 aromatic rings. The fraction of sp³-hybridized carbons (Fsp3) is 0.643. The highest BCUT2D eigenvalue weighted by Gasteiger charge is 2.21. The van der Waals surface area contributed by atoms with Crippen molar-refractivity contribution in [3.8, 4) is 0 Å². The number of anilines is 1. The normalized spacial score (nSPS) is 19.5. The Morgan fingerprint density at radius 1 is 1.56 bits per heavy atom. The number of hydrogen-bond acceptors (Lipinski definition) is 3. The van der Waals surface area contributed by atoms with Crippen LogP contribution in [0.15, 0.2) is 16.7 Å². The SMILES string of the molecule is Cc1cc(Br)cnc1N(CC1CCCN1)C(C)C. The van der Waals surface area contributed by atoms with Crippen LogP contribution in [0.5, 0.6) is 0 Å². The highest BCUT2D eigenvalue weighted by Crippen LogP contribution is 2.23. The van der Waals surface area contributed by atoms with E-state index < -0.39 is 0 Å². The van der Waals surface area contributed by atoms with E-state index in [2.05, 4.69) is 58.0 Å². The Bertz CT molecular complexity index is 400. The van der Waals surface area contributed by atoms with Crippen molar-refractivity contribution < 1.29 is 0 Å². The minimum Gasteiger partial charge on any atom is -0.352 e. The average molecular weight is 312 g/mol. The number of aromatic nitrogens is 1. The van der Waals surface area contributed by atoms with Crippen molar-refractivity contribution in [2.24, 2.45) is 0 Å². The van der Waals surface area contributed by atoms with Crippen LogP contribution in [0, 0.1) is 6.92 Å². The summed E-state index contributed by atoms with van der Waals surface area (Å²) in [5.74, 6) is 1.11. The summed E-state index contributed by atoms with van der Waals surface area (Å²) in [6.45, 7) is 8.80. The van der Waals surface area contributed by atoms with Crippen LogP contribution in [0.2, 0.25) is 0 Å². The van der Waals surface area contributed by atoms with E-state index in [1.54, 1.807) is 0 Å². The Labute approximate surface area is 118 Å². The van der Waals surface area contributed by atoms with Gasteiger partial charge in [0.15, 0.2) is 0 Å². The summed E-state index contributed by atoms with van der Waals surface area (Å²) < 4.78 is 1.05. The van der Waals surface area contributed by atoms with Crippen LogP contribution < -0.4 is 10.2 Å². The first-order valence-corrected chi connectivity index (χ1v) is 7.49. The minimum absolute atomic E-state index is 0.472. The highest BCUT2D eigenvalue weighted by atomic mass is 79.9. The Morgan fingerprint density at radius 2 is 2.33 bits per heavy atom. The smallest absolute Gasteiger partial charge is 0.131 e. The van der Waals surface area contributed by atoms with Gasteiger partial charge in [-0.15, -0.1) is 0 Å². The number of nitrogens with zero attached hydrogens (tertiary/aromatic N) is 2. The maximum absolute atomic E-state index is 4.59. The van der Waals surface area contributed by atoms with Gasteiger partial charge in [-0.3, -0.25) is 0 Å². The van der Waals surface area contributed by atoms with Crippen molar-refractivity contribution in [2.45, 2.75) is 45.7 Å². The number of halogens is 1. The molecule has 3 nitrogen and oxygen atoms in total. The Morgan fingerprint density at radius 3 is 2.89 bits per heavy atom. The second-order valence-electron chi connectivity index (χ2n) is 5.33. The Hall–Kier alpha value is -0.610. The molecule has 1 atom stereocenters. The molecular formula is C14H22BrN3. The predicted molar refractivity (Wildman–Crippen MR) is 80.2 cm³/mol. The second kappa shape index (κ2) is 6.02. The summed E-state index contributed by atoms with van der Waals surface area (Å²) in [7, 11) is 0. The molecule has 100 valence electrons. The number of hydrogen-bond donors (Lipinski definition) is 1. The van der Waals surface area contributed by atoms with Crippen LogP contribution in [-0.4, -0.2) is 30.2 Å². The first kappa shape index (κ1) is 13.8. The molecule has 0 aliphatic carbocycles. The third-order valence-corrected chi connectivity index (χ3v) is 3.93. The van der Waals surface area contributed by atoms with E-state index in [4.69, 9.17) is 0 Å². The van der Waals surface area contributed by atoms with Gasteiger partial charge in [-0.2, -0.15) is 0 Å². The van der Waals surface area contributed by atoms with Gasteiger partial charge in [0.05, 0.1) is 0 Å². The lowest BCUT2D eigenvalue weighted by molar-refractivity contribution is 0.548. The van der Waals surface area contributed by atoms with Gasteiger partial charge in [0, 0.05) is 29.3 Å². The minimum atomic E-state index is 0.472. The van der Waals surface area contributed by atoms with E-state index in [0.717, 1.165) is 23.4 Å². The lowest BCUT2D eigenvalue weighted by Crippen LogP contribution is -2.42. The molecule has 1 aliphatic rings. The zero-order valence-corrected chi connectivity index (χ0v) is 13.0. The van der Waals surface area contributed by atoms with Crippen molar-refractivity contribution in [3.63, 3.8) is 0 Å². The molecule has 0 bridgehead atoms. The number of nitrogens with one attached hydrogen (secondary N) is 1. The molecular weight excluding hydrogens is 290 g/mol. The summed E-state index contributed by atoms with van der Waals surface area (Å²) in [5.41, 5.74) is 1.23. The van der Waals surface area contributed by atoms with Crippen LogP contribution in [0.25, 0.3) is 0 Å². The molecule has 4 heteroatoms. The van der Waals surface area contributed by atoms with E-state index in [9.17, 15) is 0 Å². The molecule has 2 rings (SSSR count). The predicted octanol–water partition coefficient (Wildman–Crippen LogP) is 3.12. The first-order chi connectivity index (χ1) is 8.58. The number of aryl methyl sites for hydroxylation is 1. The van der Waals surface area contributed by atoms with Gasteiger partial charge in [-0.05, 0) is 67.7 Å². The molecule has 0 spiro atoms. The maximum atomic E-state index is 4.59. The van der Waals surface area contributed by atoms with Crippen LogP contribution in [-0.2, 0) is 0 Å². The summed E-state index contributed by atoms with van der Waals surface area (Å²) in [6.07, 6.45) is 4.46. The van der Waals surface area contributed by atoms with Crippen molar-refractivity contribution in [3.05, 3.63) is 22.3 Å². The van der Waals surface area contributed by atoms with E-state index >= 15 is 0 Å². The van der Waals surface area contributed by atoms with Gasteiger partial charge < -0.3 is 10.2 Å². The summed E-state index contributed by atoms with van der Waals surface area (Å²) >= 11 is 3.48. The highest BCUT2D eigenvalue weighted by molar-refractivity contribution is 9.10. The van der Waals surface area contributed by atoms with Crippen molar-refractivity contribution in [1.82, 2.24) is 10.3 Å². The number of pyridine rings is 1. The zero-order chi connectivity index (χ0) is 13.1. The molecule has 2 heterocycles.